The van der Waals surface area contributed by atoms with Crippen molar-refractivity contribution in [3.8, 4) is 0 Å². The Balaban J connectivity index is 2.16. The first-order valence-electron chi connectivity index (χ1n) is 6.86. The molecule has 0 saturated carbocycles. The van der Waals surface area contributed by atoms with Crippen LogP contribution >= 0.6 is 15.9 Å². The lowest BCUT2D eigenvalue weighted by atomic mass is 9.68. The van der Waals surface area contributed by atoms with Crippen LogP contribution in [-0.4, -0.2) is 11.1 Å². The van der Waals surface area contributed by atoms with Gasteiger partial charge in [-0.25, -0.2) is 0 Å². The van der Waals surface area contributed by atoms with Crippen LogP contribution < -0.4 is 0 Å². The van der Waals surface area contributed by atoms with Crippen LogP contribution in [0.5, 0.6) is 0 Å². The fraction of sp³-hybridized carbons (Fsp3) is 0.562. The Hall–Kier alpha value is -0.630. The van der Waals surface area contributed by atoms with Gasteiger partial charge >= 0.3 is 0 Å². The van der Waals surface area contributed by atoms with Crippen molar-refractivity contribution in [2.45, 2.75) is 50.9 Å². The summed E-state index contributed by atoms with van der Waals surface area (Å²) in [4.78, 5) is 12.3. The van der Waals surface area contributed by atoms with Gasteiger partial charge in [0.1, 0.15) is 5.78 Å². The van der Waals surface area contributed by atoms with Crippen LogP contribution in [0.15, 0.2) is 24.3 Å². The normalized spacial score (nSPS) is 22.9. The number of hydrogen-bond donors (Lipinski definition) is 0. The van der Waals surface area contributed by atoms with Gasteiger partial charge in [-0.1, -0.05) is 53.0 Å². The Morgan fingerprint density at radius 2 is 1.94 bits per heavy atom. The van der Waals surface area contributed by atoms with Crippen molar-refractivity contribution < 1.29 is 4.79 Å². The highest BCUT2D eigenvalue weighted by atomic mass is 79.9. The maximum atomic E-state index is 12.3. The second-order valence-corrected chi connectivity index (χ2v) is 6.21. The number of fused-ring (bicyclic) bond motifs is 1. The van der Waals surface area contributed by atoms with Crippen LogP contribution in [0.3, 0.4) is 0 Å². The number of rotatable bonds is 5. The molecule has 0 heterocycles. The van der Waals surface area contributed by atoms with E-state index < -0.39 is 0 Å². The molecule has 1 atom stereocenters. The maximum Gasteiger partial charge on any atom is 0.143 e. The molecule has 1 aliphatic rings. The third-order valence-corrected chi connectivity index (χ3v) is 4.72. The zero-order valence-corrected chi connectivity index (χ0v) is 12.6. The molecular weight excluding hydrogens is 288 g/mol. The Morgan fingerprint density at radius 3 is 2.72 bits per heavy atom. The monoisotopic (exact) mass is 308 g/mol. The first-order chi connectivity index (χ1) is 8.68. The minimum Gasteiger partial charge on any atom is -0.299 e. The van der Waals surface area contributed by atoms with Crippen molar-refractivity contribution >= 4 is 21.7 Å². The van der Waals surface area contributed by atoms with E-state index in [1.165, 1.54) is 24.0 Å². The quantitative estimate of drug-likeness (QED) is 0.581. The van der Waals surface area contributed by atoms with E-state index in [4.69, 9.17) is 0 Å². The predicted octanol–water partition coefficient (Wildman–Crippen LogP) is 4.41. The zero-order chi connectivity index (χ0) is 13.0. The number of carbonyl (C=O) groups excluding carboxylic acids is 1. The van der Waals surface area contributed by atoms with Crippen molar-refractivity contribution in [3.05, 3.63) is 35.4 Å². The fourth-order valence-electron chi connectivity index (χ4n) is 2.97. The number of hydrogen-bond acceptors (Lipinski definition) is 1. The molecule has 0 aromatic heterocycles. The van der Waals surface area contributed by atoms with Gasteiger partial charge in [0.25, 0.3) is 0 Å². The number of aryl methyl sites for hydroxylation is 1. The highest BCUT2D eigenvalue weighted by molar-refractivity contribution is 9.09. The van der Waals surface area contributed by atoms with Crippen LogP contribution in [0.25, 0.3) is 0 Å². The van der Waals surface area contributed by atoms with Crippen LogP contribution in [0.4, 0.5) is 0 Å². The first kappa shape index (κ1) is 13.8. The number of Topliss-reactive ketones (excluding diaryl/α,β-unsaturated/α-hetero) is 1. The van der Waals surface area contributed by atoms with Gasteiger partial charge in [-0.3, -0.25) is 4.79 Å². The van der Waals surface area contributed by atoms with E-state index in [-0.39, 0.29) is 5.41 Å². The van der Waals surface area contributed by atoms with E-state index in [2.05, 4.69) is 47.1 Å². The first-order valence-corrected chi connectivity index (χ1v) is 7.98. The molecule has 0 radical (unpaired) electrons. The molecule has 1 nitrogen and oxygen atoms in total. The van der Waals surface area contributed by atoms with E-state index in [0.717, 1.165) is 24.6 Å². The number of alkyl halides is 1. The molecule has 0 unspecified atom stereocenters. The highest BCUT2D eigenvalue weighted by Gasteiger charge is 2.38. The van der Waals surface area contributed by atoms with E-state index in [0.29, 0.717) is 12.2 Å². The van der Waals surface area contributed by atoms with Gasteiger partial charge in [-0.15, -0.1) is 0 Å². The standard InChI is InChI=1S/C16H21BrO/c1-16(11-5-2-6-12-17)14-8-4-3-7-13(14)9-10-15(16)18/h3-4,7-8H,2,5-6,9-12H2,1H3/t16-/m1/s1. The van der Waals surface area contributed by atoms with Crippen LogP contribution in [0.2, 0.25) is 0 Å². The number of benzene rings is 1. The third-order valence-electron chi connectivity index (χ3n) is 4.16. The van der Waals surface area contributed by atoms with Gasteiger partial charge in [-0.2, -0.15) is 0 Å². The molecule has 0 saturated heterocycles. The summed E-state index contributed by atoms with van der Waals surface area (Å²) in [5, 5.41) is 1.06. The molecule has 98 valence electrons. The molecule has 0 fully saturated rings. The average molecular weight is 309 g/mol. The second kappa shape index (κ2) is 6.01. The fourth-order valence-corrected chi connectivity index (χ4v) is 3.37. The van der Waals surface area contributed by atoms with E-state index in [1.54, 1.807) is 0 Å². The topological polar surface area (TPSA) is 17.1 Å². The van der Waals surface area contributed by atoms with Crippen LogP contribution in [0.1, 0.15) is 50.2 Å². The van der Waals surface area contributed by atoms with Gasteiger partial charge in [0.05, 0.1) is 5.41 Å². The molecule has 1 aromatic rings. The highest BCUT2D eigenvalue weighted by Crippen LogP contribution is 2.38. The smallest absolute Gasteiger partial charge is 0.143 e. The zero-order valence-electron chi connectivity index (χ0n) is 11.0. The van der Waals surface area contributed by atoms with Crippen molar-refractivity contribution in [1.82, 2.24) is 0 Å². The van der Waals surface area contributed by atoms with E-state index in [1.807, 2.05) is 0 Å². The molecule has 2 rings (SSSR count). The second-order valence-electron chi connectivity index (χ2n) is 5.41. The lowest BCUT2D eigenvalue weighted by molar-refractivity contribution is -0.125. The minimum absolute atomic E-state index is 0.235. The third kappa shape index (κ3) is 2.69. The summed E-state index contributed by atoms with van der Waals surface area (Å²) in [5.41, 5.74) is 2.42. The molecular formula is C16H21BrO. The lowest BCUT2D eigenvalue weighted by Gasteiger charge is -2.34. The Labute approximate surface area is 118 Å². The molecule has 1 aliphatic carbocycles. The number of carbonyl (C=O) groups is 1. The molecule has 0 N–H and O–H groups in total. The van der Waals surface area contributed by atoms with Crippen molar-refractivity contribution in [3.63, 3.8) is 0 Å². The summed E-state index contributed by atoms with van der Waals surface area (Å²) in [6.45, 7) is 2.14. The largest absolute Gasteiger partial charge is 0.299 e. The van der Waals surface area contributed by atoms with Crippen molar-refractivity contribution in [2.75, 3.05) is 5.33 Å². The van der Waals surface area contributed by atoms with Crippen molar-refractivity contribution in [2.24, 2.45) is 0 Å². The average Bonchev–Trinajstić information content (AvgIpc) is 2.40. The molecule has 0 aliphatic heterocycles. The molecule has 0 bridgehead atoms. The predicted molar refractivity (Wildman–Crippen MR) is 79.4 cm³/mol. The number of unbranched alkanes of at least 4 members (excludes halogenated alkanes) is 2. The maximum absolute atomic E-state index is 12.3. The number of ketones is 1. The Morgan fingerprint density at radius 1 is 1.17 bits per heavy atom. The summed E-state index contributed by atoms with van der Waals surface area (Å²) in [6.07, 6.45) is 6.18. The molecule has 0 amide bonds. The Kier molecular flexibility index (Phi) is 4.60. The minimum atomic E-state index is -0.235. The summed E-state index contributed by atoms with van der Waals surface area (Å²) >= 11 is 3.46. The molecule has 18 heavy (non-hydrogen) atoms. The Bertz CT molecular complexity index is 427. The van der Waals surface area contributed by atoms with E-state index >= 15 is 0 Å². The van der Waals surface area contributed by atoms with Gasteiger partial charge < -0.3 is 0 Å². The SMILES string of the molecule is C[C@]1(CCCCCBr)C(=O)CCc2ccccc21. The van der Waals surface area contributed by atoms with Crippen LogP contribution in [-0.2, 0) is 16.6 Å². The van der Waals surface area contributed by atoms with Gasteiger partial charge in [-0.05, 0) is 37.3 Å². The molecule has 0 spiro atoms. The van der Waals surface area contributed by atoms with E-state index in [9.17, 15) is 4.79 Å². The lowest BCUT2D eigenvalue weighted by Crippen LogP contribution is -2.37. The summed E-state index contributed by atoms with van der Waals surface area (Å²) in [5.74, 6) is 0.431. The summed E-state index contributed by atoms with van der Waals surface area (Å²) in [7, 11) is 0. The molecule has 1 aromatic carbocycles. The van der Waals surface area contributed by atoms with Gasteiger partial charge in [0.2, 0.25) is 0 Å². The molecule has 2 heteroatoms. The number of halogens is 1. The summed E-state index contributed by atoms with van der Waals surface area (Å²) in [6, 6.07) is 8.48. The summed E-state index contributed by atoms with van der Waals surface area (Å²) < 4.78 is 0. The van der Waals surface area contributed by atoms with Crippen LogP contribution in [0, 0.1) is 0 Å². The van der Waals surface area contributed by atoms with Gasteiger partial charge in [0, 0.05) is 11.8 Å². The van der Waals surface area contributed by atoms with Crippen molar-refractivity contribution in [1.29, 1.82) is 0 Å². The van der Waals surface area contributed by atoms with Gasteiger partial charge in [0.15, 0.2) is 0 Å².